The van der Waals surface area contributed by atoms with Crippen LogP contribution < -0.4 is 0 Å². The summed E-state index contributed by atoms with van der Waals surface area (Å²) in [6.07, 6.45) is 1.50. The van der Waals surface area contributed by atoms with Gasteiger partial charge in [0.1, 0.15) is 0 Å². The van der Waals surface area contributed by atoms with E-state index in [1.807, 2.05) is 0 Å². The number of aryl methyl sites for hydroxylation is 1. The van der Waals surface area contributed by atoms with E-state index in [0.717, 1.165) is 0 Å². The number of sulfone groups is 1. The molecule has 1 aromatic carbocycles. The van der Waals surface area contributed by atoms with Crippen molar-refractivity contribution in [1.82, 2.24) is 0 Å². The number of hydrogen-bond donors (Lipinski definition) is 1. The Kier molecular flexibility index (Phi) is 4.20. The van der Waals surface area contributed by atoms with Crippen molar-refractivity contribution in [3.8, 4) is 0 Å². The van der Waals surface area contributed by atoms with Crippen LogP contribution in [0.2, 0.25) is 0 Å². The maximum Gasteiger partial charge on any atom is 0.335 e. The molecule has 0 saturated heterocycles. The molecule has 0 bridgehead atoms. The minimum absolute atomic E-state index is 0.00844. The lowest BCUT2D eigenvalue weighted by atomic mass is 9.94. The number of hydrogen-bond acceptors (Lipinski definition) is 4. The summed E-state index contributed by atoms with van der Waals surface area (Å²) in [4.78, 5) is 11.6. The summed E-state index contributed by atoms with van der Waals surface area (Å²) in [5.41, 5.74) is 1.52. The predicted octanol–water partition coefficient (Wildman–Crippen LogP) is 2.42. The van der Waals surface area contributed by atoms with Crippen LogP contribution in [0.5, 0.6) is 0 Å². The molecule has 2 rings (SSSR count). The third-order valence-corrected chi connectivity index (χ3v) is 5.64. The van der Waals surface area contributed by atoms with E-state index in [1.54, 1.807) is 19.9 Å². The number of ether oxygens (including phenoxy) is 1. The molecule has 0 amide bonds. The van der Waals surface area contributed by atoms with Gasteiger partial charge in [-0.25, -0.2) is 13.2 Å². The molecule has 5 nitrogen and oxygen atoms in total. The molecule has 1 aliphatic heterocycles. The van der Waals surface area contributed by atoms with Gasteiger partial charge >= 0.3 is 5.97 Å². The number of carboxylic acid groups (broad SMARTS) is 1. The smallest absolute Gasteiger partial charge is 0.335 e. The summed E-state index contributed by atoms with van der Waals surface area (Å²) in [6.45, 7) is 7.12. The lowest BCUT2D eigenvalue weighted by molar-refractivity contribution is 0.0660. The quantitative estimate of drug-likeness (QED) is 0.864. The number of aromatic carboxylic acids is 1. The number of rotatable bonds is 4. The summed E-state index contributed by atoms with van der Waals surface area (Å²) in [5.74, 6) is -1.06. The lowest BCUT2D eigenvalue weighted by Crippen LogP contribution is -2.25. The fourth-order valence-corrected chi connectivity index (χ4v) is 4.70. The molecule has 0 fully saturated rings. The predicted molar refractivity (Wildman–Crippen MR) is 78.4 cm³/mol. The second-order valence-corrected chi connectivity index (χ2v) is 7.18. The van der Waals surface area contributed by atoms with Gasteiger partial charge in [-0.2, -0.15) is 0 Å². The van der Waals surface area contributed by atoms with Crippen LogP contribution in [0.1, 0.15) is 39.6 Å². The van der Waals surface area contributed by atoms with Gasteiger partial charge in [0.25, 0.3) is 0 Å². The molecule has 0 saturated carbocycles. The van der Waals surface area contributed by atoms with Gasteiger partial charge in [0.2, 0.25) is 0 Å². The van der Waals surface area contributed by atoms with Crippen LogP contribution in [0.3, 0.4) is 0 Å². The molecule has 0 aliphatic carbocycles. The Labute approximate surface area is 124 Å². The fourth-order valence-electron chi connectivity index (χ4n) is 2.80. The standard InChI is InChI=1S/C15H18O5S/c1-4-6-20-12-5-7-21(18,19)14-9(2)8-11(15(16)17)10(3)13(12)14/h4,8,12H,1,5-7H2,2-3H3,(H,16,17). The first kappa shape index (κ1) is 15.7. The summed E-state index contributed by atoms with van der Waals surface area (Å²) in [6, 6.07) is 1.42. The summed E-state index contributed by atoms with van der Waals surface area (Å²) in [7, 11) is -3.39. The van der Waals surface area contributed by atoms with Crippen molar-refractivity contribution in [1.29, 1.82) is 0 Å². The van der Waals surface area contributed by atoms with Gasteiger partial charge in [0, 0.05) is 5.56 Å². The molecule has 0 radical (unpaired) electrons. The average molecular weight is 310 g/mol. The van der Waals surface area contributed by atoms with Crippen LogP contribution in [0.15, 0.2) is 23.6 Å². The first-order valence-electron chi connectivity index (χ1n) is 6.62. The van der Waals surface area contributed by atoms with Gasteiger partial charge in [-0.1, -0.05) is 6.08 Å². The Balaban J connectivity index is 2.73. The van der Waals surface area contributed by atoms with Gasteiger partial charge in [-0.3, -0.25) is 0 Å². The summed E-state index contributed by atoms with van der Waals surface area (Å²) < 4.78 is 30.3. The molecule has 114 valence electrons. The second-order valence-electron chi connectivity index (χ2n) is 5.13. The minimum atomic E-state index is -3.39. The molecule has 1 N–H and O–H groups in total. The van der Waals surface area contributed by atoms with Crippen molar-refractivity contribution >= 4 is 15.8 Å². The van der Waals surface area contributed by atoms with Crippen molar-refractivity contribution < 1.29 is 23.1 Å². The third-order valence-electron chi connectivity index (χ3n) is 3.70. The Hall–Kier alpha value is -1.66. The molecule has 6 heteroatoms. The maximum atomic E-state index is 12.3. The van der Waals surface area contributed by atoms with E-state index in [9.17, 15) is 18.3 Å². The minimum Gasteiger partial charge on any atom is -0.478 e. The van der Waals surface area contributed by atoms with Crippen molar-refractivity contribution in [3.05, 3.63) is 41.0 Å². The molecule has 0 aromatic heterocycles. The first-order chi connectivity index (χ1) is 9.79. The van der Waals surface area contributed by atoms with Crippen molar-refractivity contribution in [2.75, 3.05) is 12.4 Å². The Morgan fingerprint density at radius 2 is 2.19 bits per heavy atom. The second kappa shape index (κ2) is 5.61. The fraction of sp³-hybridized carbons (Fsp3) is 0.400. The van der Waals surface area contributed by atoms with Gasteiger partial charge < -0.3 is 9.84 Å². The van der Waals surface area contributed by atoms with Gasteiger partial charge in [-0.05, 0) is 37.5 Å². The Morgan fingerprint density at radius 3 is 2.76 bits per heavy atom. The van der Waals surface area contributed by atoms with E-state index in [0.29, 0.717) is 29.7 Å². The molecule has 1 heterocycles. The molecule has 21 heavy (non-hydrogen) atoms. The maximum absolute atomic E-state index is 12.3. The Bertz CT molecular complexity index is 703. The number of fused-ring (bicyclic) bond motifs is 1. The summed E-state index contributed by atoms with van der Waals surface area (Å²) >= 11 is 0. The van der Waals surface area contributed by atoms with Gasteiger partial charge in [0.15, 0.2) is 9.84 Å². The van der Waals surface area contributed by atoms with E-state index >= 15 is 0 Å². The normalized spacial score (nSPS) is 19.8. The molecular weight excluding hydrogens is 292 g/mol. The van der Waals surface area contributed by atoms with Gasteiger partial charge in [0.05, 0.1) is 28.9 Å². The zero-order chi connectivity index (χ0) is 15.8. The zero-order valence-electron chi connectivity index (χ0n) is 12.0. The van der Waals surface area contributed by atoms with E-state index < -0.39 is 21.9 Å². The summed E-state index contributed by atoms with van der Waals surface area (Å²) in [5, 5.41) is 9.28. The van der Waals surface area contributed by atoms with E-state index in [-0.39, 0.29) is 16.2 Å². The van der Waals surface area contributed by atoms with E-state index in [4.69, 9.17) is 4.74 Å². The molecule has 0 spiro atoms. The van der Waals surface area contributed by atoms with Crippen molar-refractivity contribution in [2.45, 2.75) is 31.3 Å². The highest BCUT2D eigenvalue weighted by Crippen LogP contribution is 2.40. The van der Waals surface area contributed by atoms with Crippen molar-refractivity contribution in [2.24, 2.45) is 0 Å². The van der Waals surface area contributed by atoms with E-state index in [2.05, 4.69) is 6.58 Å². The lowest BCUT2D eigenvalue weighted by Gasteiger charge is -2.29. The third kappa shape index (κ3) is 2.73. The van der Waals surface area contributed by atoms with Crippen LogP contribution in [-0.4, -0.2) is 31.9 Å². The number of carboxylic acids is 1. The first-order valence-corrected chi connectivity index (χ1v) is 8.27. The molecule has 1 unspecified atom stereocenters. The van der Waals surface area contributed by atoms with Crippen LogP contribution in [0.25, 0.3) is 0 Å². The van der Waals surface area contributed by atoms with Crippen molar-refractivity contribution in [3.63, 3.8) is 0 Å². The monoisotopic (exact) mass is 310 g/mol. The molecule has 1 aliphatic rings. The highest BCUT2D eigenvalue weighted by molar-refractivity contribution is 7.91. The molecule has 1 aromatic rings. The molecular formula is C15H18O5S. The highest BCUT2D eigenvalue weighted by Gasteiger charge is 2.35. The number of benzene rings is 1. The largest absolute Gasteiger partial charge is 0.478 e. The number of carbonyl (C=O) groups is 1. The SMILES string of the molecule is C=CCOC1CCS(=O)(=O)c2c(C)cc(C(=O)O)c(C)c21. The van der Waals surface area contributed by atoms with E-state index in [1.165, 1.54) is 6.07 Å². The zero-order valence-corrected chi connectivity index (χ0v) is 12.9. The Morgan fingerprint density at radius 1 is 1.52 bits per heavy atom. The van der Waals surface area contributed by atoms with Gasteiger partial charge in [-0.15, -0.1) is 6.58 Å². The van der Waals surface area contributed by atoms with Crippen LogP contribution in [-0.2, 0) is 14.6 Å². The average Bonchev–Trinajstić information content (AvgIpc) is 2.40. The highest BCUT2D eigenvalue weighted by atomic mass is 32.2. The van der Waals surface area contributed by atoms with Crippen LogP contribution in [0.4, 0.5) is 0 Å². The molecule has 1 atom stereocenters. The van der Waals surface area contributed by atoms with Crippen LogP contribution >= 0.6 is 0 Å². The topological polar surface area (TPSA) is 80.7 Å². The van der Waals surface area contributed by atoms with Crippen LogP contribution in [0, 0.1) is 13.8 Å².